The molecule has 2 aromatic rings. The van der Waals surface area contributed by atoms with Gasteiger partial charge in [0.15, 0.2) is 5.82 Å². The first-order chi connectivity index (χ1) is 8.63. The van der Waals surface area contributed by atoms with Gasteiger partial charge < -0.3 is 5.43 Å². The molecule has 1 aliphatic carbocycles. The molecule has 3 N–H and O–H groups in total. The van der Waals surface area contributed by atoms with Gasteiger partial charge in [0.25, 0.3) is 0 Å². The number of aromatic nitrogens is 1. The van der Waals surface area contributed by atoms with Crippen LogP contribution in [0, 0.1) is 11.6 Å². The van der Waals surface area contributed by atoms with Crippen LogP contribution < -0.4 is 11.3 Å². The lowest BCUT2D eigenvalue weighted by atomic mass is 10.1. The Bertz CT molecular complexity index is 658. The molecule has 0 bridgehead atoms. The summed E-state index contributed by atoms with van der Waals surface area (Å²) in [5.74, 6) is 4.19. The fourth-order valence-corrected chi connectivity index (χ4v) is 2.99. The summed E-state index contributed by atoms with van der Waals surface area (Å²) >= 11 is 3.14. The van der Waals surface area contributed by atoms with Crippen LogP contribution in [-0.2, 0) is 12.8 Å². The Morgan fingerprint density at radius 1 is 1.28 bits per heavy atom. The maximum atomic E-state index is 13.8. The molecule has 0 saturated carbocycles. The van der Waals surface area contributed by atoms with Gasteiger partial charge in [-0.1, -0.05) is 0 Å². The Hall–Kier alpha value is -1.27. The third-order valence-electron chi connectivity index (χ3n) is 3.28. The monoisotopic (exact) mass is 313 g/mol. The molecule has 0 atom stereocenters. The molecule has 94 valence electrons. The number of pyridine rings is 1. The zero-order chi connectivity index (χ0) is 12.9. The van der Waals surface area contributed by atoms with Crippen LogP contribution in [0.25, 0.3) is 10.9 Å². The molecular formula is C12H10BrF2N3. The Morgan fingerprint density at radius 2 is 2.06 bits per heavy atom. The summed E-state index contributed by atoms with van der Waals surface area (Å²) in [5.41, 5.74) is 5.07. The van der Waals surface area contributed by atoms with Crippen LogP contribution in [0.15, 0.2) is 10.5 Å². The molecule has 0 radical (unpaired) electrons. The van der Waals surface area contributed by atoms with E-state index in [1.807, 2.05) is 0 Å². The van der Waals surface area contributed by atoms with Gasteiger partial charge in [0, 0.05) is 17.1 Å². The first kappa shape index (κ1) is 11.8. The summed E-state index contributed by atoms with van der Waals surface area (Å²) < 4.78 is 27.6. The lowest BCUT2D eigenvalue weighted by Gasteiger charge is -2.13. The largest absolute Gasteiger partial charge is 0.323 e. The number of nitrogens with zero attached hydrogens (tertiary/aromatic N) is 1. The second-order valence-electron chi connectivity index (χ2n) is 4.29. The van der Waals surface area contributed by atoms with Crippen LogP contribution in [0.5, 0.6) is 0 Å². The highest BCUT2D eigenvalue weighted by molar-refractivity contribution is 9.10. The second-order valence-corrected chi connectivity index (χ2v) is 5.08. The first-order valence-corrected chi connectivity index (χ1v) is 6.38. The standard InChI is InChI=1S/C12H10BrF2N3/c13-10-6(14)4-7(15)12-9(10)11(18-16)5-2-1-3-8(5)17-12/h4H,1-3,16H2,(H,17,18). The Morgan fingerprint density at radius 3 is 2.78 bits per heavy atom. The summed E-state index contributed by atoms with van der Waals surface area (Å²) in [6, 6.07) is 0.834. The number of anilines is 1. The number of nitrogen functional groups attached to an aromatic ring is 1. The highest BCUT2D eigenvalue weighted by Crippen LogP contribution is 2.39. The van der Waals surface area contributed by atoms with Crippen molar-refractivity contribution in [3.05, 3.63) is 33.4 Å². The zero-order valence-corrected chi connectivity index (χ0v) is 10.9. The zero-order valence-electron chi connectivity index (χ0n) is 9.36. The van der Waals surface area contributed by atoms with E-state index >= 15 is 0 Å². The minimum atomic E-state index is -0.670. The number of hydrogen-bond acceptors (Lipinski definition) is 3. The van der Waals surface area contributed by atoms with E-state index in [1.165, 1.54) is 0 Å². The van der Waals surface area contributed by atoms with Crippen molar-refractivity contribution in [3.8, 4) is 0 Å². The van der Waals surface area contributed by atoms with Gasteiger partial charge in [0.1, 0.15) is 11.3 Å². The fraction of sp³-hybridized carbons (Fsp3) is 0.250. The highest BCUT2D eigenvalue weighted by atomic mass is 79.9. The molecule has 3 rings (SSSR count). The van der Waals surface area contributed by atoms with Gasteiger partial charge >= 0.3 is 0 Å². The van der Waals surface area contributed by atoms with Gasteiger partial charge in [-0.3, -0.25) is 5.84 Å². The molecule has 0 saturated heterocycles. The van der Waals surface area contributed by atoms with E-state index < -0.39 is 11.6 Å². The number of fused-ring (bicyclic) bond motifs is 2. The van der Waals surface area contributed by atoms with E-state index in [9.17, 15) is 8.78 Å². The van der Waals surface area contributed by atoms with Crippen molar-refractivity contribution in [2.75, 3.05) is 5.43 Å². The Labute approximate surface area is 110 Å². The van der Waals surface area contributed by atoms with Gasteiger partial charge in [-0.2, -0.15) is 0 Å². The lowest BCUT2D eigenvalue weighted by Crippen LogP contribution is -2.11. The molecule has 1 heterocycles. The van der Waals surface area contributed by atoms with E-state index in [1.54, 1.807) is 0 Å². The van der Waals surface area contributed by atoms with E-state index in [2.05, 4.69) is 26.3 Å². The summed E-state index contributed by atoms with van der Waals surface area (Å²) in [4.78, 5) is 4.30. The topological polar surface area (TPSA) is 50.9 Å². The first-order valence-electron chi connectivity index (χ1n) is 5.59. The van der Waals surface area contributed by atoms with Crippen LogP contribution in [-0.4, -0.2) is 4.98 Å². The van der Waals surface area contributed by atoms with Crippen molar-refractivity contribution in [2.45, 2.75) is 19.3 Å². The molecule has 18 heavy (non-hydrogen) atoms. The van der Waals surface area contributed by atoms with E-state index in [0.29, 0.717) is 11.1 Å². The smallest absolute Gasteiger partial charge is 0.152 e. The van der Waals surface area contributed by atoms with Crippen LogP contribution in [0.1, 0.15) is 17.7 Å². The molecule has 0 fully saturated rings. The van der Waals surface area contributed by atoms with Crippen LogP contribution >= 0.6 is 15.9 Å². The molecule has 0 amide bonds. The highest BCUT2D eigenvalue weighted by Gasteiger charge is 2.23. The molecule has 1 aromatic carbocycles. The summed E-state index contributed by atoms with van der Waals surface area (Å²) in [7, 11) is 0. The second kappa shape index (κ2) is 4.13. The van der Waals surface area contributed by atoms with Crippen molar-refractivity contribution in [2.24, 2.45) is 5.84 Å². The van der Waals surface area contributed by atoms with Crippen LogP contribution in [0.3, 0.4) is 0 Å². The molecule has 3 nitrogen and oxygen atoms in total. The van der Waals surface area contributed by atoms with E-state index in [4.69, 9.17) is 5.84 Å². The van der Waals surface area contributed by atoms with Gasteiger partial charge in [-0.15, -0.1) is 0 Å². The van der Waals surface area contributed by atoms with Crippen molar-refractivity contribution in [1.82, 2.24) is 4.98 Å². The Kier molecular flexibility index (Phi) is 2.71. The number of halogens is 3. The fourth-order valence-electron chi connectivity index (χ4n) is 2.49. The van der Waals surface area contributed by atoms with Crippen molar-refractivity contribution < 1.29 is 8.78 Å². The predicted molar refractivity (Wildman–Crippen MR) is 69.2 cm³/mol. The van der Waals surface area contributed by atoms with Gasteiger partial charge in [0.2, 0.25) is 0 Å². The minimum absolute atomic E-state index is 0.150. The molecule has 0 aliphatic heterocycles. The van der Waals surface area contributed by atoms with E-state index in [-0.39, 0.29) is 9.99 Å². The number of nitrogens with two attached hydrogens (primary N) is 1. The Balaban J connectivity index is 2.51. The van der Waals surface area contributed by atoms with Crippen molar-refractivity contribution >= 4 is 32.5 Å². The van der Waals surface area contributed by atoms with Crippen LogP contribution in [0.2, 0.25) is 0 Å². The minimum Gasteiger partial charge on any atom is -0.323 e. The van der Waals surface area contributed by atoms with Gasteiger partial charge in [0.05, 0.1) is 10.2 Å². The number of hydrogen-bond donors (Lipinski definition) is 2. The number of rotatable bonds is 1. The molecule has 0 spiro atoms. The molecule has 6 heteroatoms. The number of aryl methyl sites for hydroxylation is 1. The maximum absolute atomic E-state index is 13.8. The average molecular weight is 314 g/mol. The normalized spacial score (nSPS) is 14.0. The molecule has 1 aliphatic rings. The van der Waals surface area contributed by atoms with Gasteiger partial charge in [-0.05, 0) is 40.8 Å². The third kappa shape index (κ3) is 1.52. The average Bonchev–Trinajstić information content (AvgIpc) is 2.81. The third-order valence-corrected chi connectivity index (χ3v) is 4.05. The molecule has 0 unspecified atom stereocenters. The summed E-state index contributed by atoms with van der Waals surface area (Å²) in [6.07, 6.45) is 2.58. The van der Waals surface area contributed by atoms with Crippen molar-refractivity contribution in [1.29, 1.82) is 0 Å². The quantitative estimate of drug-likeness (QED) is 0.483. The number of benzene rings is 1. The number of hydrazine groups is 1. The predicted octanol–water partition coefficient (Wildman–Crippen LogP) is 3.05. The van der Waals surface area contributed by atoms with Gasteiger partial charge in [-0.25, -0.2) is 13.8 Å². The van der Waals surface area contributed by atoms with Crippen LogP contribution in [0.4, 0.5) is 14.5 Å². The summed E-state index contributed by atoms with van der Waals surface area (Å²) in [5, 5.41) is 0.371. The molecular weight excluding hydrogens is 304 g/mol. The lowest BCUT2D eigenvalue weighted by molar-refractivity contribution is 0.586. The van der Waals surface area contributed by atoms with Crippen molar-refractivity contribution in [3.63, 3.8) is 0 Å². The maximum Gasteiger partial charge on any atom is 0.152 e. The molecule has 1 aromatic heterocycles. The summed E-state index contributed by atoms with van der Waals surface area (Å²) in [6.45, 7) is 0. The SMILES string of the molecule is NNc1c2c(nc3c(F)cc(F)c(Br)c13)CCC2. The number of nitrogens with one attached hydrogen (secondary N) is 1. The van der Waals surface area contributed by atoms with E-state index in [0.717, 1.165) is 36.6 Å².